The van der Waals surface area contributed by atoms with Crippen molar-refractivity contribution in [1.82, 2.24) is 14.8 Å². The molecule has 0 amide bonds. The van der Waals surface area contributed by atoms with E-state index in [9.17, 15) is 4.39 Å². The third-order valence-electron chi connectivity index (χ3n) is 2.69. The van der Waals surface area contributed by atoms with Crippen molar-refractivity contribution in [3.8, 4) is 11.4 Å². The van der Waals surface area contributed by atoms with E-state index in [1.54, 1.807) is 6.07 Å². The highest BCUT2D eigenvalue weighted by Gasteiger charge is 2.14. The zero-order chi connectivity index (χ0) is 12.4. The molecule has 0 aliphatic carbocycles. The maximum absolute atomic E-state index is 13.9. The van der Waals surface area contributed by atoms with Gasteiger partial charge in [-0.05, 0) is 31.5 Å². The Bertz CT molecular complexity index is 533. The summed E-state index contributed by atoms with van der Waals surface area (Å²) < 4.78 is 15.7. The summed E-state index contributed by atoms with van der Waals surface area (Å²) in [5.41, 5.74) is 6.91. The van der Waals surface area contributed by atoms with Crippen molar-refractivity contribution in [2.24, 2.45) is 5.73 Å². The summed E-state index contributed by atoms with van der Waals surface area (Å²) in [6.45, 7) is 4.78. The van der Waals surface area contributed by atoms with Gasteiger partial charge < -0.3 is 10.3 Å². The number of aryl methyl sites for hydroxylation is 1. The van der Waals surface area contributed by atoms with Crippen molar-refractivity contribution in [3.05, 3.63) is 35.4 Å². The van der Waals surface area contributed by atoms with E-state index < -0.39 is 0 Å². The molecular weight excluding hydrogens is 219 g/mol. The molecule has 90 valence electrons. The predicted octanol–water partition coefficient (Wildman–Crippen LogP) is 1.87. The second-order valence-corrected chi connectivity index (χ2v) is 3.87. The molecule has 1 aromatic carbocycles. The molecule has 0 fully saturated rings. The molecule has 5 heteroatoms. The van der Waals surface area contributed by atoms with E-state index in [1.165, 1.54) is 6.07 Å². The largest absolute Gasteiger partial charge is 0.324 e. The molecule has 4 nitrogen and oxygen atoms in total. The van der Waals surface area contributed by atoms with Gasteiger partial charge in [-0.15, -0.1) is 10.2 Å². The van der Waals surface area contributed by atoms with Gasteiger partial charge in [0.15, 0.2) is 5.82 Å². The van der Waals surface area contributed by atoms with E-state index in [4.69, 9.17) is 5.73 Å². The maximum atomic E-state index is 13.9. The van der Waals surface area contributed by atoms with E-state index >= 15 is 0 Å². The molecule has 0 bridgehead atoms. The van der Waals surface area contributed by atoms with Crippen LogP contribution in [0.3, 0.4) is 0 Å². The number of halogens is 1. The SMILES string of the molecule is CCn1c(CN)nnc1-c1ccc(C)cc1F. The van der Waals surface area contributed by atoms with Crippen LogP contribution in [0, 0.1) is 12.7 Å². The number of rotatable bonds is 3. The quantitative estimate of drug-likeness (QED) is 0.882. The van der Waals surface area contributed by atoms with Crippen LogP contribution in [0.1, 0.15) is 18.3 Å². The summed E-state index contributed by atoms with van der Waals surface area (Å²) in [6, 6.07) is 5.07. The molecular formula is C12H15FN4. The van der Waals surface area contributed by atoms with Crippen molar-refractivity contribution in [2.45, 2.75) is 26.9 Å². The summed E-state index contributed by atoms with van der Waals surface area (Å²) in [5, 5.41) is 7.98. The minimum Gasteiger partial charge on any atom is -0.324 e. The van der Waals surface area contributed by atoms with Crippen molar-refractivity contribution >= 4 is 0 Å². The molecule has 0 radical (unpaired) electrons. The highest BCUT2D eigenvalue weighted by atomic mass is 19.1. The van der Waals surface area contributed by atoms with E-state index in [0.29, 0.717) is 30.3 Å². The van der Waals surface area contributed by atoms with Crippen LogP contribution in [0.2, 0.25) is 0 Å². The molecule has 0 saturated carbocycles. The van der Waals surface area contributed by atoms with Crippen LogP contribution in [0.4, 0.5) is 4.39 Å². The minimum atomic E-state index is -0.282. The van der Waals surface area contributed by atoms with Gasteiger partial charge in [0, 0.05) is 6.54 Å². The lowest BCUT2D eigenvalue weighted by Crippen LogP contribution is -2.08. The first-order valence-electron chi connectivity index (χ1n) is 5.56. The van der Waals surface area contributed by atoms with Gasteiger partial charge in [-0.25, -0.2) is 4.39 Å². The number of nitrogens with two attached hydrogens (primary N) is 1. The summed E-state index contributed by atoms with van der Waals surface area (Å²) in [5.74, 6) is 0.920. The van der Waals surface area contributed by atoms with Crippen LogP contribution in [-0.4, -0.2) is 14.8 Å². The molecule has 0 saturated heterocycles. The van der Waals surface area contributed by atoms with Crippen LogP contribution in [-0.2, 0) is 13.1 Å². The van der Waals surface area contributed by atoms with Crippen molar-refractivity contribution in [3.63, 3.8) is 0 Å². The van der Waals surface area contributed by atoms with Gasteiger partial charge in [-0.3, -0.25) is 0 Å². The molecule has 2 N–H and O–H groups in total. The Hall–Kier alpha value is -1.75. The molecule has 1 aromatic heterocycles. The fourth-order valence-electron chi connectivity index (χ4n) is 1.82. The van der Waals surface area contributed by atoms with Crippen molar-refractivity contribution in [2.75, 3.05) is 0 Å². The number of aromatic nitrogens is 3. The fraction of sp³-hybridized carbons (Fsp3) is 0.333. The van der Waals surface area contributed by atoms with E-state index in [2.05, 4.69) is 10.2 Å². The molecule has 0 aliphatic heterocycles. The standard InChI is InChI=1S/C12H15FN4/c1-3-17-11(7-14)15-16-12(17)9-5-4-8(2)6-10(9)13/h4-6H,3,7,14H2,1-2H3. The Morgan fingerprint density at radius 3 is 2.71 bits per heavy atom. The molecule has 17 heavy (non-hydrogen) atoms. The highest BCUT2D eigenvalue weighted by molar-refractivity contribution is 5.57. The lowest BCUT2D eigenvalue weighted by Gasteiger charge is -2.07. The molecule has 0 atom stereocenters. The van der Waals surface area contributed by atoms with Crippen molar-refractivity contribution in [1.29, 1.82) is 0 Å². The Morgan fingerprint density at radius 2 is 2.12 bits per heavy atom. The number of hydrogen-bond donors (Lipinski definition) is 1. The van der Waals surface area contributed by atoms with E-state index in [0.717, 1.165) is 5.56 Å². The minimum absolute atomic E-state index is 0.282. The predicted molar refractivity (Wildman–Crippen MR) is 63.7 cm³/mol. The Labute approximate surface area is 99.3 Å². The summed E-state index contributed by atoms with van der Waals surface area (Å²) in [6.07, 6.45) is 0. The van der Waals surface area contributed by atoms with Crippen LogP contribution in [0.25, 0.3) is 11.4 Å². The summed E-state index contributed by atoms with van der Waals surface area (Å²) in [4.78, 5) is 0. The van der Waals surface area contributed by atoms with Gasteiger partial charge in [-0.2, -0.15) is 0 Å². The van der Waals surface area contributed by atoms with Crippen LogP contribution in [0.15, 0.2) is 18.2 Å². The molecule has 1 heterocycles. The Kier molecular flexibility index (Phi) is 3.19. The first-order valence-corrected chi connectivity index (χ1v) is 5.56. The summed E-state index contributed by atoms with van der Waals surface area (Å²) >= 11 is 0. The fourth-order valence-corrected chi connectivity index (χ4v) is 1.82. The lowest BCUT2D eigenvalue weighted by molar-refractivity contribution is 0.624. The monoisotopic (exact) mass is 234 g/mol. The second-order valence-electron chi connectivity index (χ2n) is 3.87. The topological polar surface area (TPSA) is 56.7 Å². The van der Waals surface area contributed by atoms with Crippen LogP contribution < -0.4 is 5.73 Å². The number of benzene rings is 1. The zero-order valence-electron chi connectivity index (χ0n) is 9.94. The Morgan fingerprint density at radius 1 is 1.35 bits per heavy atom. The van der Waals surface area contributed by atoms with Gasteiger partial charge in [0.2, 0.25) is 0 Å². The average Bonchev–Trinajstić information content (AvgIpc) is 2.71. The van der Waals surface area contributed by atoms with Gasteiger partial charge >= 0.3 is 0 Å². The molecule has 0 aliphatic rings. The van der Waals surface area contributed by atoms with Gasteiger partial charge in [0.05, 0.1) is 12.1 Å². The lowest BCUT2D eigenvalue weighted by atomic mass is 10.1. The zero-order valence-corrected chi connectivity index (χ0v) is 9.94. The van der Waals surface area contributed by atoms with E-state index in [-0.39, 0.29) is 5.82 Å². The normalized spacial score (nSPS) is 10.8. The van der Waals surface area contributed by atoms with E-state index in [1.807, 2.05) is 24.5 Å². The first kappa shape index (κ1) is 11.7. The second kappa shape index (κ2) is 4.63. The number of hydrogen-bond acceptors (Lipinski definition) is 3. The molecule has 0 spiro atoms. The maximum Gasteiger partial charge on any atom is 0.166 e. The third-order valence-corrected chi connectivity index (χ3v) is 2.69. The first-order chi connectivity index (χ1) is 8.17. The smallest absolute Gasteiger partial charge is 0.166 e. The average molecular weight is 234 g/mol. The Balaban J connectivity index is 2.56. The third kappa shape index (κ3) is 2.06. The van der Waals surface area contributed by atoms with Crippen LogP contribution >= 0.6 is 0 Å². The van der Waals surface area contributed by atoms with Crippen LogP contribution in [0.5, 0.6) is 0 Å². The molecule has 2 aromatic rings. The molecule has 0 unspecified atom stereocenters. The molecule has 2 rings (SSSR count). The van der Waals surface area contributed by atoms with Gasteiger partial charge in [0.1, 0.15) is 11.6 Å². The number of nitrogens with zero attached hydrogens (tertiary/aromatic N) is 3. The van der Waals surface area contributed by atoms with Gasteiger partial charge in [-0.1, -0.05) is 6.07 Å². The van der Waals surface area contributed by atoms with Crippen molar-refractivity contribution < 1.29 is 4.39 Å². The van der Waals surface area contributed by atoms with Gasteiger partial charge in [0.25, 0.3) is 0 Å². The summed E-state index contributed by atoms with van der Waals surface area (Å²) in [7, 11) is 0. The highest BCUT2D eigenvalue weighted by Crippen LogP contribution is 2.22.